The maximum atomic E-state index is 11.1. The Morgan fingerprint density at radius 3 is 2.55 bits per heavy atom. The summed E-state index contributed by atoms with van der Waals surface area (Å²) in [7, 11) is 3.16. The van der Waals surface area contributed by atoms with Gasteiger partial charge in [0.15, 0.2) is 11.5 Å². The van der Waals surface area contributed by atoms with Gasteiger partial charge in [0.25, 0.3) is 0 Å². The first-order chi connectivity index (χ1) is 9.62. The van der Waals surface area contributed by atoms with Crippen molar-refractivity contribution in [2.45, 2.75) is 38.8 Å². The lowest BCUT2D eigenvalue weighted by Gasteiger charge is -2.15. The zero-order valence-corrected chi connectivity index (χ0v) is 12.3. The lowest BCUT2D eigenvalue weighted by atomic mass is 10.1. The lowest BCUT2D eigenvalue weighted by Crippen LogP contribution is -2.36. The molecule has 1 aromatic rings. The van der Waals surface area contributed by atoms with E-state index in [9.17, 15) is 4.79 Å². The summed E-state index contributed by atoms with van der Waals surface area (Å²) in [5.74, 6) is 0.503. The van der Waals surface area contributed by atoms with Gasteiger partial charge in [-0.1, -0.05) is 25.8 Å². The third kappa shape index (κ3) is 4.74. The van der Waals surface area contributed by atoms with Crippen molar-refractivity contribution in [2.24, 2.45) is 0 Å². The van der Waals surface area contributed by atoms with Crippen LogP contribution in [0.2, 0.25) is 0 Å². The quantitative estimate of drug-likeness (QED) is 0.727. The topological polar surface area (TPSA) is 67.8 Å². The van der Waals surface area contributed by atoms with Crippen LogP contribution in [0.15, 0.2) is 18.2 Å². The van der Waals surface area contributed by atoms with Crippen LogP contribution < -0.4 is 14.8 Å². The van der Waals surface area contributed by atoms with Crippen LogP contribution >= 0.6 is 0 Å². The number of hydrogen-bond donors (Lipinski definition) is 2. The van der Waals surface area contributed by atoms with E-state index in [2.05, 4.69) is 5.32 Å². The van der Waals surface area contributed by atoms with E-state index in [1.54, 1.807) is 14.2 Å². The summed E-state index contributed by atoms with van der Waals surface area (Å²) >= 11 is 0. The normalized spacial score (nSPS) is 11.9. The number of nitrogens with one attached hydrogen (secondary N) is 1. The van der Waals surface area contributed by atoms with Crippen molar-refractivity contribution >= 4 is 5.97 Å². The monoisotopic (exact) mass is 281 g/mol. The van der Waals surface area contributed by atoms with Crippen LogP contribution in [-0.4, -0.2) is 31.3 Å². The molecule has 2 N–H and O–H groups in total. The molecular weight excluding hydrogens is 258 g/mol. The highest BCUT2D eigenvalue weighted by molar-refractivity contribution is 5.73. The van der Waals surface area contributed by atoms with Crippen molar-refractivity contribution in [3.63, 3.8) is 0 Å². The molecule has 0 spiro atoms. The molecular formula is C15H23NO4. The van der Waals surface area contributed by atoms with Crippen LogP contribution in [0.1, 0.15) is 31.7 Å². The fraction of sp³-hybridized carbons (Fsp3) is 0.533. The number of carboxylic acid groups (broad SMARTS) is 1. The van der Waals surface area contributed by atoms with Gasteiger partial charge in [-0.25, -0.2) is 0 Å². The molecule has 1 atom stereocenters. The number of carboxylic acids is 1. The molecule has 0 amide bonds. The first kappa shape index (κ1) is 16.3. The molecule has 1 rings (SSSR count). The molecule has 20 heavy (non-hydrogen) atoms. The number of methoxy groups -OCH3 is 2. The third-order valence-electron chi connectivity index (χ3n) is 3.14. The van der Waals surface area contributed by atoms with E-state index in [0.717, 1.165) is 18.4 Å². The van der Waals surface area contributed by atoms with E-state index in [4.69, 9.17) is 14.6 Å². The molecule has 0 aliphatic carbocycles. The average molecular weight is 281 g/mol. The number of rotatable bonds is 9. The molecule has 5 nitrogen and oxygen atoms in total. The summed E-state index contributed by atoms with van der Waals surface area (Å²) in [4.78, 5) is 11.1. The molecule has 112 valence electrons. The van der Waals surface area contributed by atoms with Gasteiger partial charge in [-0.2, -0.15) is 0 Å². The predicted molar refractivity (Wildman–Crippen MR) is 77.3 cm³/mol. The minimum absolute atomic E-state index is 0.487. The van der Waals surface area contributed by atoms with Crippen molar-refractivity contribution in [2.75, 3.05) is 14.2 Å². The van der Waals surface area contributed by atoms with Crippen LogP contribution in [0.4, 0.5) is 0 Å². The SMILES string of the molecule is CCCC[C@H](NCc1ccc(OC)c(OC)c1)C(=O)O. The molecule has 0 radical (unpaired) electrons. The molecule has 0 aliphatic rings. The maximum absolute atomic E-state index is 11.1. The molecule has 1 aromatic carbocycles. The van der Waals surface area contributed by atoms with Crippen molar-refractivity contribution in [1.82, 2.24) is 5.32 Å². The van der Waals surface area contributed by atoms with Crippen LogP contribution in [0.3, 0.4) is 0 Å². The fourth-order valence-electron chi connectivity index (χ4n) is 1.95. The van der Waals surface area contributed by atoms with E-state index < -0.39 is 12.0 Å². The second-order valence-corrected chi connectivity index (χ2v) is 4.60. The summed E-state index contributed by atoms with van der Waals surface area (Å²) in [6.45, 7) is 2.54. The van der Waals surface area contributed by atoms with Crippen LogP contribution in [-0.2, 0) is 11.3 Å². The summed E-state index contributed by atoms with van der Waals surface area (Å²) < 4.78 is 10.4. The summed E-state index contributed by atoms with van der Waals surface area (Å²) in [6.07, 6.45) is 2.52. The minimum Gasteiger partial charge on any atom is -0.493 e. The third-order valence-corrected chi connectivity index (χ3v) is 3.14. The maximum Gasteiger partial charge on any atom is 0.320 e. The molecule has 0 aromatic heterocycles. The highest BCUT2D eigenvalue weighted by Crippen LogP contribution is 2.27. The number of carbonyl (C=O) groups is 1. The van der Waals surface area contributed by atoms with Crippen molar-refractivity contribution in [3.05, 3.63) is 23.8 Å². The highest BCUT2D eigenvalue weighted by atomic mass is 16.5. The van der Waals surface area contributed by atoms with Crippen molar-refractivity contribution in [1.29, 1.82) is 0 Å². The van der Waals surface area contributed by atoms with Gasteiger partial charge in [-0.3, -0.25) is 4.79 Å². The predicted octanol–water partition coefficient (Wildman–Crippen LogP) is 2.44. The van der Waals surface area contributed by atoms with Crippen LogP contribution in [0.5, 0.6) is 11.5 Å². The Kier molecular flexibility index (Phi) is 6.87. The van der Waals surface area contributed by atoms with E-state index in [-0.39, 0.29) is 0 Å². The molecule has 5 heteroatoms. The second-order valence-electron chi connectivity index (χ2n) is 4.60. The number of ether oxygens (including phenoxy) is 2. The first-order valence-corrected chi connectivity index (χ1v) is 6.79. The summed E-state index contributed by atoms with van der Waals surface area (Å²) in [5, 5.41) is 12.2. The Hall–Kier alpha value is -1.75. The fourth-order valence-corrected chi connectivity index (χ4v) is 1.95. The summed E-state index contributed by atoms with van der Waals surface area (Å²) in [6, 6.07) is 5.05. The Bertz CT molecular complexity index is 434. The van der Waals surface area contributed by atoms with Crippen LogP contribution in [0, 0.1) is 0 Å². The van der Waals surface area contributed by atoms with E-state index in [0.29, 0.717) is 24.5 Å². The molecule has 0 aliphatic heterocycles. The van der Waals surface area contributed by atoms with Gasteiger partial charge < -0.3 is 19.9 Å². The molecule has 0 unspecified atom stereocenters. The van der Waals surface area contributed by atoms with Gasteiger partial charge >= 0.3 is 5.97 Å². The van der Waals surface area contributed by atoms with Gasteiger partial charge in [0.1, 0.15) is 6.04 Å². The standard InChI is InChI=1S/C15H23NO4/c1-4-5-6-12(15(17)18)16-10-11-7-8-13(19-2)14(9-11)20-3/h7-9,12,16H,4-6,10H2,1-3H3,(H,17,18)/t12-/m0/s1. The zero-order valence-electron chi connectivity index (χ0n) is 12.3. The number of hydrogen-bond acceptors (Lipinski definition) is 4. The van der Waals surface area contributed by atoms with Crippen molar-refractivity contribution < 1.29 is 19.4 Å². The number of unbranched alkanes of at least 4 members (excludes halogenated alkanes) is 1. The molecule has 0 heterocycles. The van der Waals surface area contributed by atoms with Gasteiger partial charge in [-0.05, 0) is 24.1 Å². The average Bonchev–Trinajstić information content (AvgIpc) is 2.46. The van der Waals surface area contributed by atoms with Crippen molar-refractivity contribution in [3.8, 4) is 11.5 Å². The molecule has 0 saturated carbocycles. The lowest BCUT2D eigenvalue weighted by molar-refractivity contribution is -0.139. The molecule has 0 bridgehead atoms. The van der Waals surface area contributed by atoms with E-state index >= 15 is 0 Å². The van der Waals surface area contributed by atoms with Gasteiger partial charge in [0.2, 0.25) is 0 Å². The van der Waals surface area contributed by atoms with Gasteiger partial charge in [0, 0.05) is 6.54 Å². The largest absolute Gasteiger partial charge is 0.493 e. The number of benzene rings is 1. The second kappa shape index (κ2) is 8.43. The Morgan fingerprint density at radius 2 is 2.00 bits per heavy atom. The summed E-state index contributed by atoms with van der Waals surface area (Å²) in [5.41, 5.74) is 0.963. The Balaban J connectivity index is 2.65. The smallest absolute Gasteiger partial charge is 0.320 e. The Labute approximate surface area is 119 Å². The minimum atomic E-state index is -0.807. The first-order valence-electron chi connectivity index (χ1n) is 6.79. The molecule has 0 saturated heterocycles. The van der Waals surface area contributed by atoms with E-state index in [1.807, 2.05) is 25.1 Å². The zero-order chi connectivity index (χ0) is 15.0. The van der Waals surface area contributed by atoms with E-state index in [1.165, 1.54) is 0 Å². The van der Waals surface area contributed by atoms with Gasteiger partial charge in [0.05, 0.1) is 14.2 Å². The highest BCUT2D eigenvalue weighted by Gasteiger charge is 2.16. The Morgan fingerprint density at radius 1 is 1.30 bits per heavy atom. The van der Waals surface area contributed by atoms with Gasteiger partial charge in [-0.15, -0.1) is 0 Å². The van der Waals surface area contributed by atoms with Crippen LogP contribution in [0.25, 0.3) is 0 Å². The molecule has 0 fully saturated rings. The number of aliphatic carboxylic acids is 1.